The molecule has 0 spiro atoms. The lowest BCUT2D eigenvalue weighted by Gasteiger charge is -1.60. The molecule has 0 amide bonds. The Morgan fingerprint density at radius 3 is 1.33 bits per heavy atom. The molecular formula is CH2AlMgO3. The standard InChI is InChI=1S/CH2O3.Al.Mg/c2-1(3)4;;/h(H2,2,3,4);;. The molecule has 0 aromatic heterocycles. The Bertz CT molecular complexity index is 33.8. The lowest BCUT2D eigenvalue weighted by molar-refractivity contribution is 0.137. The van der Waals surface area contributed by atoms with E-state index in [1.807, 2.05) is 0 Å². The van der Waals surface area contributed by atoms with E-state index in [2.05, 4.69) is 0 Å². The number of carbonyl (C=O) groups is 1. The summed E-state index contributed by atoms with van der Waals surface area (Å²) in [6, 6.07) is 0. The minimum absolute atomic E-state index is 0. The largest absolute Gasteiger partial charge is 0.503 e. The van der Waals surface area contributed by atoms with Crippen molar-refractivity contribution >= 4 is 46.6 Å². The van der Waals surface area contributed by atoms with Gasteiger partial charge in [0.25, 0.3) is 0 Å². The fraction of sp³-hybridized carbons (Fsp3) is 0. The van der Waals surface area contributed by atoms with Gasteiger partial charge in [-0.05, 0) is 0 Å². The van der Waals surface area contributed by atoms with E-state index >= 15 is 0 Å². The molecule has 2 N–H and O–H groups in total. The van der Waals surface area contributed by atoms with Gasteiger partial charge in [-0.3, -0.25) is 0 Å². The van der Waals surface area contributed by atoms with Gasteiger partial charge >= 0.3 is 6.16 Å². The molecule has 0 aromatic rings. The van der Waals surface area contributed by atoms with E-state index in [-0.39, 0.29) is 40.4 Å². The van der Waals surface area contributed by atoms with Crippen LogP contribution in [-0.2, 0) is 0 Å². The fourth-order valence-electron chi connectivity index (χ4n) is 0. The van der Waals surface area contributed by atoms with Crippen LogP contribution in [-0.4, -0.2) is 56.8 Å². The van der Waals surface area contributed by atoms with Gasteiger partial charge in [-0.2, -0.15) is 0 Å². The molecule has 29 valence electrons. The highest BCUT2D eigenvalue weighted by molar-refractivity contribution is 5.76. The molecule has 0 rings (SSSR count). The predicted molar refractivity (Wildman–Crippen MR) is 22.2 cm³/mol. The Balaban J connectivity index is -0.0000000450. The SMILES string of the molecule is O=C(O)O.[Al].[Mg]. The minimum atomic E-state index is -1.83. The second-order valence-electron chi connectivity index (χ2n) is 0.283. The summed E-state index contributed by atoms with van der Waals surface area (Å²) in [5.74, 6) is 0. The molecule has 0 aliphatic heterocycles. The molecule has 0 fully saturated rings. The third-order valence-electron chi connectivity index (χ3n) is 0. The number of carboxylic acid groups (broad SMARTS) is 2. The topological polar surface area (TPSA) is 57.5 Å². The monoisotopic (exact) mass is 113 g/mol. The van der Waals surface area contributed by atoms with Crippen molar-refractivity contribution in [2.75, 3.05) is 0 Å². The van der Waals surface area contributed by atoms with Crippen LogP contribution in [0, 0.1) is 0 Å². The number of hydrogen-bond acceptors (Lipinski definition) is 1. The smallest absolute Gasteiger partial charge is 0.450 e. The van der Waals surface area contributed by atoms with Crippen molar-refractivity contribution in [3.8, 4) is 0 Å². The van der Waals surface area contributed by atoms with Crippen LogP contribution in [0.25, 0.3) is 0 Å². The Labute approximate surface area is 61.6 Å². The average Bonchev–Trinajstić information content (AvgIpc) is 0.811. The molecule has 5 heteroatoms. The van der Waals surface area contributed by atoms with Crippen molar-refractivity contribution in [1.82, 2.24) is 0 Å². The highest BCUT2D eigenvalue weighted by Gasteiger charge is 1.70. The second-order valence-corrected chi connectivity index (χ2v) is 0.283. The lowest BCUT2D eigenvalue weighted by Crippen LogP contribution is -1.81. The molecule has 0 aliphatic carbocycles. The molecule has 6 heavy (non-hydrogen) atoms. The summed E-state index contributed by atoms with van der Waals surface area (Å²) in [7, 11) is 0. The van der Waals surface area contributed by atoms with Crippen LogP contribution in [0.3, 0.4) is 0 Å². The summed E-state index contributed by atoms with van der Waals surface area (Å²) in [4.78, 5) is 8.56. The second kappa shape index (κ2) is 9.13. The van der Waals surface area contributed by atoms with Crippen molar-refractivity contribution in [3.05, 3.63) is 0 Å². The van der Waals surface area contributed by atoms with Crippen LogP contribution in [0.4, 0.5) is 4.79 Å². The maximum absolute atomic E-state index is 8.56. The van der Waals surface area contributed by atoms with Gasteiger partial charge in [-0.1, -0.05) is 0 Å². The summed E-state index contributed by atoms with van der Waals surface area (Å²) in [6.45, 7) is 0. The van der Waals surface area contributed by atoms with Gasteiger partial charge in [0.2, 0.25) is 0 Å². The highest BCUT2D eigenvalue weighted by Crippen LogP contribution is 1.42. The van der Waals surface area contributed by atoms with Gasteiger partial charge in [0.1, 0.15) is 0 Å². The molecule has 0 unspecified atom stereocenters. The van der Waals surface area contributed by atoms with Crippen molar-refractivity contribution in [2.45, 2.75) is 0 Å². The van der Waals surface area contributed by atoms with E-state index in [1.165, 1.54) is 0 Å². The predicted octanol–water partition coefficient (Wildman–Crippen LogP) is -0.539. The first-order chi connectivity index (χ1) is 1.73. The van der Waals surface area contributed by atoms with E-state index in [0.717, 1.165) is 0 Å². The zero-order valence-electron chi connectivity index (χ0n) is 3.09. The van der Waals surface area contributed by atoms with Crippen molar-refractivity contribution in [2.24, 2.45) is 0 Å². The summed E-state index contributed by atoms with van der Waals surface area (Å²) < 4.78 is 0. The summed E-state index contributed by atoms with van der Waals surface area (Å²) in [5.41, 5.74) is 0. The van der Waals surface area contributed by atoms with Gasteiger partial charge in [0.05, 0.1) is 0 Å². The normalized spacial score (nSPS) is 4.00. The molecule has 0 saturated carbocycles. The molecular weight excluding hydrogens is 111 g/mol. The van der Waals surface area contributed by atoms with Crippen LogP contribution < -0.4 is 0 Å². The van der Waals surface area contributed by atoms with E-state index in [0.29, 0.717) is 0 Å². The van der Waals surface area contributed by atoms with Crippen LogP contribution in [0.5, 0.6) is 0 Å². The van der Waals surface area contributed by atoms with Crippen molar-refractivity contribution in [3.63, 3.8) is 0 Å². The number of rotatable bonds is 0. The molecule has 0 aliphatic rings. The molecule has 0 aromatic carbocycles. The van der Waals surface area contributed by atoms with Crippen LogP contribution >= 0.6 is 0 Å². The highest BCUT2D eigenvalue weighted by atomic mass is 27.0. The maximum Gasteiger partial charge on any atom is 0.503 e. The lowest BCUT2D eigenvalue weighted by atomic mass is 11.5. The third kappa shape index (κ3) is 180. The third-order valence-corrected chi connectivity index (χ3v) is 0. The maximum atomic E-state index is 8.56. The van der Waals surface area contributed by atoms with Gasteiger partial charge in [-0.15, -0.1) is 0 Å². The number of hydrogen-bond donors (Lipinski definition) is 2. The van der Waals surface area contributed by atoms with Gasteiger partial charge in [0, 0.05) is 40.4 Å². The van der Waals surface area contributed by atoms with Gasteiger partial charge < -0.3 is 10.2 Å². The van der Waals surface area contributed by atoms with Crippen molar-refractivity contribution in [1.29, 1.82) is 0 Å². The Hall–Kier alpha value is 0.569. The van der Waals surface area contributed by atoms with Crippen LogP contribution in [0.2, 0.25) is 0 Å². The van der Waals surface area contributed by atoms with Gasteiger partial charge in [0.15, 0.2) is 0 Å². The Kier molecular flexibility index (Phi) is 24.3. The van der Waals surface area contributed by atoms with E-state index < -0.39 is 6.16 Å². The fourth-order valence-corrected chi connectivity index (χ4v) is 0. The zero-order valence-corrected chi connectivity index (χ0v) is 5.66. The Morgan fingerprint density at radius 2 is 1.33 bits per heavy atom. The molecule has 0 atom stereocenters. The molecule has 3 nitrogen and oxygen atoms in total. The molecule has 0 saturated heterocycles. The average molecular weight is 113 g/mol. The summed E-state index contributed by atoms with van der Waals surface area (Å²) in [6.07, 6.45) is -1.83. The Morgan fingerprint density at radius 1 is 1.33 bits per heavy atom. The minimum Gasteiger partial charge on any atom is -0.450 e. The zero-order chi connectivity index (χ0) is 3.58. The first kappa shape index (κ1) is 16.0. The first-order valence-corrected chi connectivity index (χ1v) is 0.651. The van der Waals surface area contributed by atoms with Crippen LogP contribution in [0.15, 0.2) is 0 Å². The molecule has 0 bridgehead atoms. The van der Waals surface area contributed by atoms with Gasteiger partial charge in [-0.25, -0.2) is 4.79 Å². The van der Waals surface area contributed by atoms with Crippen molar-refractivity contribution < 1.29 is 15.0 Å². The quantitative estimate of drug-likeness (QED) is 0.415. The first-order valence-electron chi connectivity index (χ1n) is 0.651. The van der Waals surface area contributed by atoms with E-state index in [1.54, 1.807) is 0 Å². The van der Waals surface area contributed by atoms with E-state index in [4.69, 9.17) is 15.0 Å². The van der Waals surface area contributed by atoms with E-state index in [9.17, 15) is 0 Å². The van der Waals surface area contributed by atoms with Crippen LogP contribution in [0.1, 0.15) is 0 Å². The summed E-state index contributed by atoms with van der Waals surface area (Å²) >= 11 is 0. The summed E-state index contributed by atoms with van der Waals surface area (Å²) in [5, 5.41) is 13.9. The molecule has 0 heterocycles. The molecule has 5 radical (unpaired) electrons.